The molecular weight excluding hydrogens is 382 g/mol. The quantitative estimate of drug-likeness (QED) is 0.642. The van der Waals surface area contributed by atoms with Gasteiger partial charge in [0, 0.05) is 24.7 Å². The standard InChI is InChI=1S/C27H47N3O/c1-25-8-4-5-20-14-27(31-25,16-22(28)24(20)25)21-12-19(11-18-6-7-23(29)30-17-18)13-26(15-21)9-2-3-10-26/h18-24,30H,2-17,28-29H2,1H3/p+2/t18?,19-,20-,21-,22+,23?,24+,25+,27-/m0/s1. The number of hydrogen-bond donors (Lipinski definition) is 3. The van der Waals surface area contributed by atoms with Gasteiger partial charge in [0.15, 0.2) is 0 Å². The summed E-state index contributed by atoms with van der Waals surface area (Å²) in [5, 5.41) is 2.42. The molecule has 0 aromatic heterocycles. The van der Waals surface area contributed by atoms with Crippen LogP contribution in [-0.2, 0) is 4.74 Å². The molecule has 4 bridgehead atoms. The summed E-state index contributed by atoms with van der Waals surface area (Å²) in [5.41, 5.74) is 11.8. The van der Waals surface area contributed by atoms with Crippen molar-refractivity contribution in [1.82, 2.24) is 0 Å². The summed E-state index contributed by atoms with van der Waals surface area (Å²) in [6.45, 7) is 3.74. The fourth-order valence-electron chi connectivity index (χ4n) is 10.5. The van der Waals surface area contributed by atoms with Gasteiger partial charge in [-0.2, -0.15) is 0 Å². The highest BCUT2D eigenvalue weighted by Crippen LogP contribution is 2.64. The second-order valence-corrected chi connectivity index (χ2v) is 13.6. The van der Waals surface area contributed by atoms with Crippen LogP contribution in [-0.4, -0.2) is 30.0 Å². The van der Waals surface area contributed by atoms with Gasteiger partial charge >= 0.3 is 0 Å². The molecule has 1 spiro atoms. The molecule has 2 unspecified atom stereocenters. The second-order valence-electron chi connectivity index (χ2n) is 13.6. The maximum absolute atomic E-state index is 7.33. The molecule has 7 aliphatic rings. The van der Waals surface area contributed by atoms with Gasteiger partial charge < -0.3 is 15.8 Å². The molecule has 176 valence electrons. The lowest BCUT2D eigenvalue weighted by Gasteiger charge is -2.66. The Morgan fingerprint density at radius 3 is 2.55 bits per heavy atom. The third-order valence-electron chi connectivity index (χ3n) is 11.4. The van der Waals surface area contributed by atoms with E-state index in [0.717, 1.165) is 29.6 Å². The van der Waals surface area contributed by atoms with Gasteiger partial charge in [-0.05, 0) is 94.3 Å². The smallest absolute Gasteiger partial charge is 0.137 e. The highest BCUT2D eigenvalue weighted by atomic mass is 16.5. The van der Waals surface area contributed by atoms with Gasteiger partial charge in [-0.15, -0.1) is 0 Å². The highest BCUT2D eigenvalue weighted by molar-refractivity contribution is 5.14. The zero-order valence-corrected chi connectivity index (χ0v) is 20.1. The molecule has 4 saturated carbocycles. The SMILES string of the molecule is C[C@@]12CCC[C@H]3C[C@@]([C@H]4C[C@H](CC5CCC(N)[NH2+]C5)CC5(CCCC5)C4)(C[C@@H]([NH3+])[C@@H]31)O2. The lowest BCUT2D eigenvalue weighted by Crippen LogP contribution is -2.95. The van der Waals surface area contributed by atoms with Gasteiger partial charge in [-0.3, -0.25) is 5.73 Å². The minimum atomic E-state index is 0.121. The first-order valence-corrected chi connectivity index (χ1v) is 14.0. The number of hydrogen-bond acceptors (Lipinski definition) is 2. The Bertz CT molecular complexity index is 669. The molecule has 7 N–H and O–H groups in total. The van der Waals surface area contributed by atoms with Gasteiger partial charge in [0.1, 0.15) is 6.17 Å². The van der Waals surface area contributed by atoms with Crippen LogP contribution in [0.3, 0.4) is 0 Å². The molecular formula is C27H49N3O+2. The summed E-state index contributed by atoms with van der Waals surface area (Å²) in [5.74, 6) is 4.20. The van der Waals surface area contributed by atoms with Crippen molar-refractivity contribution in [2.75, 3.05) is 6.54 Å². The summed E-state index contributed by atoms with van der Waals surface area (Å²) >= 11 is 0. The van der Waals surface area contributed by atoms with E-state index in [0.29, 0.717) is 17.6 Å². The van der Waals surface area contributed by atoms with Gasteiger partial charge in [0.25, 0.3) is 0 Å². The predicted molar refractivity (Wildman–Crippen MR) is 123 cm³/mol. The monoisotopic (exact) mass is 431 g/mol. The van der Waals surface area contributed by atoms with Crippen molar-refractivity contribution in [1.29, 1.82) is 0 Å². The van der Waals surface area contributed by atoms with E-state index in [4.69, 9.17) is 16.2 Å². The summed E-state index contributed by atoms with van der Waals surface area (Å²) in [4.78, 5) is 0. The van der Waals surface area contributed by atoms with E-state index >= 15 is 0 Å². The molecule has 0 aromatic carbocycles. The zero-order chi connectivity index (χ0) is 21.3. The Kier molecular flexibility index (Phi) is 5.30. The van der Waals surface area contributed by atoms with Crippen LogP contribution in [0.25, 0.3) is 0 Å². The number of fused-ring (bicyclic) bond motifs is 1. The summed E-state index contributed by atoms with van der Waals surface area (Å²) in [6, 6.07) is 0.618. The van der Waals surface area contributed by atoms with E-state index < -0.39 is 0 Å². The Morgan fingerprint density at radius 2 is 1.81 bits per heavy atom. The van der Waals surface area contributed by atoms with Crippen LogP contribution in [0.15, 0.2) is 0 Å². The van der Waals surface area contributed by atoms with Gasteiger partial charge in [-0.25, -0.2) is 0 Å². The number of nitrogens with two attached hydrogens (primary N) is 2. The maximum Gasteiger partial charge on any atom is 0.137 e. The first-order valence-electron chi connectivity index (χ1n) is 14.0. The van der Waals surface area contributed by atoms with Crippen molar-refractivity contribution in [3.05, 3.63) is 0 Å². The van der Waals surface area contributed by atoms with E-state index in [9.17, 15) is 0 Å². The van der Waals surface area contributed by atoms with E-state index in [1.54, 1.807) is 0 Å². The molecule has 4 aliphatic carbocycles. The first-order chi connectivity index (χ1) is 14.9. The van der Waals surface area contributed by atoms with Crippen molar-refractivity contribution >= 4 is 0 Å². The predicted octanol–water partition coefficient (Wildman–Crippen LogP) is 2.96. The van der Waals surface area contributed by atoms with Crippen molar-refractivity contribution in [2.45, 2.75) is 127 Å². The Balaban J connectivity index is 1.26. The molecule has 3 heterocycles. The minimum Gasteiger partial charge on any atom is -0.368 e. The van der Waals surface area contributed by atoms with Gasteiger partial charge in [0.05, 0.1) is 23.8 Å². The molecule has 9 atom stereocenters. The maximum atomic E-state index is 7.33. The van der Waals surface area contributed by atoms with E-state index in [1.807, 2.05) is 0 Å². The molecule has 4 heteroatoms. The van der Waals surface area contributed by atoms with Crippen LogP contribution in [0.2, 0.25) is 0 Å². The molecule has 7 fully saturated rings. The Hall–Kier alpha value is -0.160. The zero-order valence-electron chi connectivity index (χ0n) is 20.1. The second kappa shape index (κ2) is 7.68. The number of quaternary nitrogens is 2. The average Bonchev–Trinajstić information content (AvgIpc) is 3.15. The molecule has 0 aromatic rings. The van der Waals surface area contributed by atoms with E-state index in [2.05, 4.69) is 12.2 Å². The van der Waals surface area contributed by atoms with Gasteiger partial charge in [-0.1, -0.05) is 19.3 Å². The summed E-state index contributed by atoms with van der Waals surface area (Å²) in [7, 11) is 0. The molecule has 7 rings (SSSR count). The lowest BCUT2D eigenvalue weighted by molar-refractivity contribution is -0.703. The molecule has 3 aliphatic heterocycles. The number of piperidine rings is 1. The first kappa shape index (κ1) is 21.4. The topological polar surface area (TPSA) is 79.5 Å². The van der Waals surface area contributed by atoms with Gasteiger partial charge in [0.2, 0.25) is 0 Å². The molecule has 0 amide bonds. The van der Waals surface area contributed by atoms with Crippen LogP contribution in [0.5, 0.6) is 0 Å². The van der Waals surface area contributed by atoms with E-state index in [-0.39, 0.29) is 11.2 Å². The van der Waals surface area contributed by atoms with Crippen molar-refractivity contribution < 1.29 is 15.8 Å². The largest absolute Gasteiger partial charge is 0.368 e. The molecule has 3 saturated heterocycles. The fourth-order valence-corrected chi connectivity index (χ4v) is 10.5. The molecule has 0 radical (unpaired) electrons. The van der Waals surface area contributed by atoms with E-state index in [1.165, 1.54) is 103 Å². The van der Waals surface area contributed by atoms with Crippen molar-refractivity contribution in [3.8, 4) is 0 Å². The van der Waals surface area contributed by atoms with Crippen LogP contribution in [0.1, 0.15) is 103 Å². The highest BCUT2D eigenvalue weighted by Gasteiger charge is 2.66. The van der Waals surface area contributed by atoms with Crippen LogP contribution >= 0.6 is 0 Å². The number of rotatable bonds is 3. The van der Waals surface area contributed by atoms with Crippen LogP contribution < -0.4 is 16.8 Å². The van der Waals surface area contributed by atoms with Crippen molar-refractivity contribution in [3.63, 3.8) is 0 Å². The Morgan fingerprint density at radius 1 is 0.968 bits per heavy atom. The third-order valence-corrected chi connectivity index (χ3v) is 11.4. The normalized spacial score (nSPS) is 53.7. The summed E-state index contributed by atoms with van der Waals surface area (Å²) < 4.78 is 7.33. The van der Waals surface area contributed by atoms with Crippen LogP contribution in [0.4, 0.5) is 0 Å². The average molecular weight is 432 g/mol. The number of ether oxygens (including phenoxy) is 1. The minimum absolute atomic E-state index is 0.121. The summed E-state index contributed by atoms with van der Waals surface area (Å²) in [6.07, 6.45) is 21.4. The van der Waals surface area contributed by atoms with Crippen LogP contribution in [0, 0.1) is 35.0 Å². The third kappa shape index (κ3) is 3.63. The van der Waals surface area contributed by atoms with Crippen molar-refractivity contribution in [2.24, 2.45) is 40.7 Å². The fraction of sp³-hybridized carbons (Fsp3) is 1.00. The Labute approximate surface area is 190 Å². The molecule has 4 nitrogen and oxygen atoms in total. The lowest BCUT2D eigenvalue weighted by atomic mass is 9.49. The molecule has 31 heavy (non-hydrogen) atoms.